The van der Waals surface area contributed by atoms with Crippen molar-refractivity contribution >= 4 is 5.97 Å². The van der Waals surface area contributed by atoms with E-state index in [1.54, 1.807) is 14.0 Å². The lowest BCUT2D eigenvalue weighted by Gasteiger charge is -2.17. The third kappa shape index (κ3) is 4.31. The third-order valence-corrected chi connectivity index (χ3v) is 2.00. The average Bonchev–Trinajstić information content (AvgIpc) is 2.30. The molecule has 0 saturated heterocycles. The molecule has 1 unspecified atom stereocenters. The zero-order valence-corrected chi connectivity index (χ0v) is 9.60. The van der Waals surface area contributed by atoms with Gasteiger partial charge in [-0.3, -0.25) is 10.1 Å². The van der Waals surface area contributed by atoms with Crippen LogP contribution in [0.4, 0.5) is 0 Å². The molecule has 1 atom stereocenters. The van der Waals surface area contributed by atoms with Gasteiger partial charge in [-0.05, 0) is 26.1 Å². The van der Waals surface area contributed by atoms with Crippen molar-refractivity contribution < 1.29 is 14.3 Å². The molecule has 0 amide bonds. The van der Waals surface area contributed by atoms with E-state index in [0.717, 1.165) is 5.75 Å². The Morgan fingerprint density at radius 1 is 1.38 bits per heavy atom. The molecule has 0 fully saturated rings. The second-order valence-electron chi connectivity index (χ2n) is 3.22. The first-order valence-electron chi connectivity index (χ1n) is 5.31. The lowest BCUT2D eigenvalue weighted by atomic mass is 10.3. The number of hydrogen-bond donors (Lipinski definition) is 1. The lowest BCUT2D eigenvalue weighted by Crippen LogP contribution is -2.34. The van der Waals surface area contributed by atoms with Crippen LogP contribution in [0.3, 0.4) is 0 Å². The van der Waals surface area contributed by atoms with Crippen LogP contribution in [0.5, 0.6) is 5.75 Å². The molecule has 0 aromatic heterocycles. The topological polar surface area (TPSA) is 47.6 Å². The van der Waals surface area contributed by atoms with Crippen LogP contribution >= 0.6 is 0 Å². The van der Waals surface area contributed by atoms with Gasteiger partial charge >= 0.3 is 5.97 Å². The first-order valence-corrected chi connectivity index (χ1v) is 5.31. The zero-order valence-electron chi connectivity index (χ0n) is 9.60. The quantitative estimate of drug-likeness (QED) is 0.587. The maximum Gasteiger partial charge on any atom is 0.310 e. The van der Waals surface area contributed by atoms with E-state index in [-0.39, 0.29) is 18.6 Å². The highest BCUT2D eigenvalue weighted by molar-refractivity contribution is 5.69. The zero-order chi connectivity index (χ0) is 11.8. The number of benzene rings is 1. The van der Waals surface area contributed by atoms with Gasteiger partial charge in [0.2, 0.25) is 0 Å². The number of carbonyl (C=O) groups is 1. The van der Waals surface area contributed by atoms with Crippen molar-refractivity contribution in [2.45, 2.75) is 19.6 Å². The molecule has 0 aliphatic rings. The monoisotopic (exact) mass is 223 g/mol. The first kappa shape index (κ1) is 12.5. The minimum atomic E-state index is -0.360. The van der Waals surface area contributed by atoms with Crippen LogP contribution in [0.15, 0.2) is 30.3 Å². The van der Waals surface area contributed by atoms with Gasteiger partial charge in [0, 0.05) is 0 Å². The van der Waals surface area contributed by atoms with Gasteiger partial charge in [-0.1, -0.05) is 18.2 Å². The summed E-state index contributed by atoms with van der Waals surface area (Å²) in [5, 5.41) is 2.92. The normalized spacial score (nSPS) is 11.9. The van der Waals surface area contributed by atoms with E-state index in [1.165, 1.54) is 0 Å². The van der Waals surface area contributed by atoms with E-state index in [2.05, 4.69) is 5.32 Å². The Morgan fingerprint density at radius 3 is 2.62 bits per heavy atom. The van der Waals surface area contributed by atoms with Gasteiger partial charge in [-0.25, -0.2) is 0 Å². The molecular formula is C12H17NO3. The van der Waals surface area contributed by atoms with Gasteiger partial charge in [0.05, 0.1) is 13.0 Å². The summed E-state index contributed by atoms with van der Waals surface area (Å²) in [6.07, 6.45) is -0.166. The Bertz CT molecular complexity index is 313. The highest BCUT2D eigenvalue weighted by Gasteiger charge is 2.13. The van der Waals surface area contributed by atoms with Crippen molar-refractivity contribution in [1.82, 2.24) is 5.32 Å². The summed E-state index contributed by atoms with van der Waals surface area (Å²) in [5.41, 5.74) is 0. The minimum absolute atomic E-state index is 0.194. The highest BCUT2D eigenvalue weighted by atomic mass is 16.5. The number of ether oxygens (including phenoxy) is 2. The summed E-state index contributed by atoms with van der Waals surface area (Å²) < 4.78 is 10.4. The summed E-state index contributed by atoms with van der Waals surface area (Å²) in [5.74, 6) is 0.462. The lowest BCUT2D eigenvalue weighted by molar-refractivity contribution is -0.145. The number of para-hydroxylation sites is 1. The summed E-state index contributed by atoms with van der Waals surface area (Å²) in [7, 11) is 1.74. The minimum Gasteiger partial charge on any atom is -0.475 e. The molecule has 0 saturated carbocycles. The fraction of sp³-hybridized carbons (Fsp3) is 0.417. The molecule has 1 rings (SSSR count). The smallest absolute Gasteiger partial charge is 0.310 e. The molecule has 0 heterocycles. The predicted molar refractivity (Wildman–Crippen MR) is 61.2 cm³/mol. The summed E-state index contributed by atoms with van der Waals surface area (Å²) >= 11 is 0. The Balaban J connectivity index is 2.46. The Labute approximate surface area is 95.6 Å². The van der Waals surface area contributed by atoms with Gasteiger partial charge < -0.3 is 9.47 Å². The molecular weight excluding hydrogens is 206 g/mol. The Kier molecular flexibility index (Phi) is 5.36. The molecule has 1 N–H and O–H groups in total. The van der Waals surface area contributed by atoms with E-state index in [9.17, 15) is 4.79 Å². The molecule has 1 aromatic rings. The molecule has 1 aromatic carbocycles. The molecule has 16 heavy (non-hydrogen) atoms. The van der Waals surface area contributed by atoms with E-state index >= 15 is 0 Å². The third-order valence-electron chi connectivity index (χ3n) is 2.00. The number of rotatable bonds is 6. The van der Waals surface area contributed by atoms with Gasteiger partial charge in [0.15, 0.2) is 6.23 Å². The fourth-order valence-corrected chi connectivity index (χ4v) is 1.24. The van der Waals surface area contributed by atoms with Gasteiger partial charge in [0.1, 0.15) is 5.75 Å². The maximum atomic E-state index is 11.3. The molecule has 0 aliphatic carbocycles. The number of nitrogens with one attached hydrogen (secondary N) is 1. The van der Waals surface area contributed by atoms with Crippen molar-refractivity contribution in [3.05, 3.63) is 30.3 Å². The fourth-order valence-electron chi connectivity index (χ4n) is 1.24. The van der Waals surface area contributed by atoms with Crippen molar-refractivity contribution in [2.24, 2.45) is 0 Å². The predicted octanol–water partition coefficient (Wildman–Crippen LogP) is 1.56. The summed E-state index contributed by atoms with van der Waals surface area (Å²) in [4.78, 5) is 11.3. The van der Waals surface area contributed by atoms with Crippen LogP contribution < -0.4 is 10.1 Å². The standard InChI is InChI=1S/C12H17NO3/c1-3-15-12(14)9-11(13-2)16-10-7-5-4-6-8-10/h4-8,11,13H,3,9H2,1-2H3. The van der Waals surface area contributed by atoms with E-state index in [0.29, 0.717) is 6.61 Å². The average molecular weight is 223 g/mol. The van der Waals surface area contributed by atoms with Crippen molar-refractivity contribution in [3.8, 4) is 5.75 Å². The van der Waals surface area contributed by atoms with Crippen LogP contribution in [0.2, 0.25) is 0 Å². The van der Waals surface area contributed by atoms with E-state index in [1.807, 2.05) is 30.3 Å². The van der Waals surface area contributed by atoms with E-state index < -0.39 is 0 Å². The van der Waals surface area contributed by atoms with Gasteiger partial charge in [-0.15, -0.1) is 0 Å². The molecule has 0 radical (unpaired) electrons. The molecule has 4 heteroatoms. The largest absolute Gasteiger partial charge is 0.475 e. The second kappa shape index (κ2) is 6.85. The molecule has 0 spiro atoms. The molecule has 0 aliphatic heterocycles. The van der Waals surface area contributed by atoms with Crippen molar-refractivity contribution in [3.63, 3.8) is 0 Å². The van der Waals surface area contributed by atoms with Crippen molar-refractivity contribution in [1.29, 1.82) is 0 Å². The van der Waals surface area contributed by atoms with Crippen molar-refractivity contribution in [2.75, 3.05) is 13.7 Å². The van der Waals surface area contributed by atoms with Gasteiger partial charge in [-0.2, -0.15) is 0 Å². The molecule has 0 bridgehead atoms. The molecule has 88 valence electrons. The number of esters is 1. The SMILES string of the molecule is CCOC(=O)CC(NC)Oc1ccccc1. The maximum absolute atomic E-state index is 11.3. The summed E-state index contributed by atoms with van der Waals surface area (Å²) in [6, 6.07) is 9.36. The van der Waals surface area contributed by atoms with Crippen LogP contribution in [0.1, 0.15) is 13.3 Å². The van der Waals surface area contributed by atoms with Gasteiger partial charge in [0.25, 0.3) is 0 Å². The number of hydrogen-bond acceptors (Lipinski definition) is 4. The Morgan fingerprint density at radius 2 is 2.06 bits per heavy atom. The Hall–Kier alpha value is -1.55. The molecule has 4 nitrogen and oxygen atoms in total. The second-order valence-corrected chi connectivity index (χ2v) is 3.22. The first-order chi connectivity index (χ1) is 7.76. The summed E-state index contributed by atoms with van der Waals surface area (Å²) in [6.45, 7) is 2.17. The van der Waals surface area contributed by atoms with Crippen LogP contribution in [-0.2, 0) is 9.53 Å². The van der Waals surface area contributed by atoms with Crippen LogP contribution in [0.25, 0.3) is 0 Å². The highest BCUT2D eigenvalue weighted by Crippen LogP contribution is 2.11. The van der Waals surface area contributed by atoms with E-state index in [4.69, 9.17) is 9.47 Å². The van der Waals surface area contributed by atoms with Crippen LogP contribution in [0, 0.1) is 0 Å². The number of carbonyl (C=O) groups excluding carboxylic acids is 1. The van der Waals surface area contributed by atoms with Crippen LogP contribution in [-0.4, -0.2) is 25.9 Å².